The molecule has 14 rings (SSSR count). The molecule has 0 aromatic heterocycles. The maximum atomic E-state index is 7.03. The molecule has 7 saturated carbocycles. The van der Waals surface area contributed by atoms with E-state index in [4.69, 9.17) is 4.74 Å². The van der Waals surface area contributed by atoms with Crippen LogP contribution in [0.25, 0.3) is 0 Å². The van der Waals surface area contributed by atoms with Gasteiger partial charge in [0, 0.05) is 41.3 Å². The molecule has 0 bridgehead atoms. The predicted octanol–water partition coefficient (Wildman–Crippen LogP) is 20.4. The zero-order chi connectivity index (χ0) is 55.5. The van der Waals surface area contributed by atoms with Crippen LogP contribution >= 0.6 is 0 Å². The summed E-state index contributed by atoms with van der Waals surface area (Å²) >= 11 is 0. The normalized spacial score (nSPS) is 45.9. The first-order valence-corrected chi connectivity index (χ1v) is 36.4. The Morgan fingerprint density at radius 2 is 1.32 bits per heavy atom. The highest BCUT2D eigenvalue weighted by Crippen LogP contribution is 2.70. The molecule has 14 atom stereocenters. The van der Waals surface area contributed by atoms with Gasteiger partial charge in [-0.25, -0.2) is 0 Å². The molecule has 13 aliphatic carbocycles. The maximum absolute atomic E-state index is 7.03. The summed E-state index contributed by atoms with van der Waals surface area (Å²) in [6.45, 7) is 15.9. The molecule has 0 spiro atoms. The molecule has 14 aliphatic rings. The minimum absolute atomic E-state index is 0.217. The second kappa shape index (κ2) is 24.5. The Morgan fingerprint density at radius 1 is 0.585 bits per heavy atom. The van der Waals surface area contributed by atoms with Crippen molar-refractivity contribution in [3.05, 3.63) is 108 Å². The van der Waals surface area contributed by atoms with E-state index in [9.17, 15) is 0 Å². The van der Waals surface area contributed by atoms with Gasteiger partial charge in [-0.05, 0) is 311 Å². The van der Waals surface area contributed by atoms with Crippen LogP contribution in [-0.4, -0.2) is 52.2 Å². The zero-order valence-electron chi connectivity index (χ0n) is 52.5. The van der Waals surface area contributed by atoms with Gasteiger partial charge in [-0.15, -0.1) is 13.2 Å². The average molecular weight is 1110 g/mol. The van der Waals surface area contributed by atoms with Crippen molar-refractivity contribution in [3.63, 3.8) is 0 Å². The smallest absolute Gasteiger partial charge is 0.0797 e. The minimum atomic E-state index is 0.217. The summed E-state index contributed by atoms with van der Waals surface area (Å²) in [6, 6.07) is 3.72. The summed E-state index contributed by atoms with van der Waals surface area (Å²) in [4.78, 5) is 6.53. The van der Waals surface area contributed by atoms with Crippen molar-refractivity contribution in [1.82, 2.24) is 9.80 Å². The highest BCUT2D eigenvalue weighted by molar-refractivity contribution is 5.41. The number of hydrogen-bond acceptors (Lipinski definition) is 3. The number of allylic oxidation sites excluding steroid dienone is 12. The Bertz CT molecular complexity index is 2460. The van der Waals surface area contributed by atoms with E-state index in [1.165, 1.54) is 218 Å². The van der Waals surface area contributed by atoms with Gasteiger partial charge in [-0.1, -0.05) is 112 Å². The van der Waals surface area contributed by atoms with Crippen LogP contribution < -0.4 is 0 Å². The summed E-state index contributed by atoms with van der Waals surface area (Å²) in [6.07, 6.45) is 80.9. The van der Waals surface area contributed by atoms with Gasteiger partial charge >= 0.3 is 0 Å². The Kier molecular flexibility index (Phi) is 17.1. The lowest BCUT2D eigenvalue weighted by Crippen LogP contribution is -2.50. The molecule has 1 saturated heterocycles. The Morgan fingerprint density at radius 3 is 2.05 bits per heavy atom. The number of rotatable bonds is 12. The van der Waals surface area contributed by atoms with Crippen LogP contribution in [0.1, 0.15) is 245 Å². The molecule has 8 fully saturated rings. The van der Waals surface area contributed by atoms with E-state index in [-0.39, 0.29) is 11.5 Å². The quantitative estimate of drug-likeness (QED) is 0.181. The van der Waals surface area contributed by atoms with Crippen molar-refractivity contribution >= 4 is 0 Å². The van der Waals surface area contributed by atoms with Crippen LogP contribution in [0.15, 0.2) is 108 Å². The monoisotopic (exact) mass is 1110 g/mol. The van der Waals surface area contributed by atoms with Gasteiger partial charge < -0.3 is 9.64 Å². The van der Waals surface area contributed by atoms with Gasteiger partial charge in [-0.2, -0.15) is 0 Å². The number of nitrogens with zero attached hydrogens (tertiary/aromatic N) is 2. The lowest BCUT2D eigenvalue weighted by Gasteiger charge is -2.55. The molecule has 1 aliphatic heterocycles. The lowest BCUT2D eigenvalue weighted by atomic mass is 9.51. The van der Waals surface area contributed by atoms with Crippen LogP contribution in [0.5, 0.6) is 0 Å². The van der Waals surface area contributed by atoms with E-state index in [2.05, 4.69) is 117 Å². The molecule has 0 aromatic rings. The van der Waals surface area contributed by atoms with Gasteiger partial charge in [0.2, 0.25) is 0 Å². The van der Waals surface area contributed by atoms with Crippen LogP contribution in [0.2, 0.25) is 0 Å². The van der Waals surface area contributed by atoms with E-state index in [0.29, 0.717) is 47.3 Å². The fourth-order valence-corrected chi connectivity index (χ4v) is 23.9. The Hall–Kier alpha value is -2.62. The molecule has 1 heterocycles. The van der Waals surface area contributed by atoms with Gasteiger partial charge in [0.25, 0.3) is 0 Å². The van der Waals surface area contributed by atoms with Gasteiger partial charge in [0.15, 0.2) is 0 Å². The number of hydrogen-bond donors (Lipinski definition) is 0. The minimum Gasteiger partial charge on any atom is -0.371 e. The topological polar surface area (TPSA) is 15.7 Å². The van der Waals surface area contributed by atoms with E-state index in [1.807, 2.05) is 5.57 Å². The Balaban J connectivity index is 0.728. The van der Waals surface area contributed by atoms with Gasteiger partial charge in [0.1, 0.15) is 0 Å². The zero-order valence-corrected chi connectivity index (χ0v) is 52.5. The summed E-state index contributed by atoms with van der Waals surface area (Å²) in [5.74, 6) is 11.3. The van der Waals surface area contributed by atoms with Gasteiger partial charge in [0.05, 0.1) is 12.2 Å². The maximum Gasteiger partial charge on any atom is 0.0797 e. The largest absolute Gasteiger partial charge is 0.371 e. The first kappa shape index (κ1) is 57.1. The second-order valence-corrected chi connectivity index (χ2v) is 32.4. The van der Waals surface area contributed by atoms with Crippen molar-refractivity contribution in [2.24, 2.45) is 93.7 Å². The summed E-state index contributed by atoms with van der Waals surface area (Å²) in [5, 5.41) is 0. The van der Waals surface area contributed by atoms with E-state index < -0.39 is 0 Å². The molecule has 0 radical (unpaired) electrons. The van der Waals surface area contributed by atoms with Crippen molar-refractivity contribution in [2.75, 3.05) is 0 Å². The fraction of sp³-hybridized carbons (Fsp3) is 0.772. The number of fused-ring (bicyclic) bond motifs is 7. The van der Waals surface area contributed by atoms with Gasteiger partial charge in [-0.3, -0.25) is 4.90 Å². The lowest BCUT2D eigenvalue weighted by molar-refractivity contribution is -0.0137. The summed E-state index contributed by atoms with van der Waals surface area (Å²) in [5.41, 5.74) is 7.81. The van der Waals surface area contributed by atoms with E-state index >= 15 is 0 Å². The molecule has 0 amide bonds. The molecule has 14 unspecified atom stereocenters. The molecule has 3 heteroatoms. The van der Waals surface area contributed by atoms with Crippen molar-refractivity contribution in [3.8, 4) is 0 Å². The predicted molar refractivity (Wildman–Crippen MR) is 344 cm³/mol. The average Bonchev–Trinajstić information content (AvgIpc) is 1.95. The Labute approximate surface area is 502 Å². The van der Waals surface area contributed by atoms with Crippen LogP contribution in [0.4, 0.5) is 0 Å². The molecule has 448 valence electrons. The third-order valence-corrected chi connectivity index (χ3v) is 27.9. The SMILES string of the molecule is C=CC1CCC(OC2C=CC(C3(C4CCC(C(C)(C)C)CC4)C4CCC=CC4C4C=CC(N(C5=C6C=CCCC6CCC5)C5CC=C(C6CCC7C(C6)C6CCCCC6N7C6CCC(C7CCC(C=C)CC7)CC6)CC5)CC43)=CC2)CC1. The van der Waals surface area contributed by atoms with Crippen molar-refractivity contribution < 1.29 is 4.74 Å². The molecule has 3 nitrogen and oxygen atoms in total. The molecular formula is C79H116N2O. The highest BCUT2D eigenvalue weighted by atomic mass is 16.5. The third kappa shape index (κ3) is 10.8. The molecule has 82 heavy (non-hydrogen) atoms. The highest BCUT2D eigenvalue weighted by Gasteiger charge is 2.64. The molecular weight excluding hydrogens is 993 g/mol. The molecule has 0 aromatic carbocycles. The standard InChI is InChI=1S/C79H116N2O/c1-6-53-23-27-55(28-24-53)56-29-42-64(43-30-56)81-76-21-13-11-19-71(76)72-51-59(33-50-77(72)81)57-31-40-63(41-32-57)80(75-22-14-16-58-15-8-9-17-68(58)75)65-44-49-70-69-18-10-12-20-73(69)79(74(70)52-65,61-36-34-60(35-37-61)78(3,4)5)62-38-47-67(48-39-62)82-66-45-25-54(7-2)26-46-66/h6-7,9-10,17-18,31,38-39,44,47,49,53-56,58-61,63-67,69-74,76-77H,1-2,8,11-16,19-30,32-37,40-43,45-46,48,50-52H2,3-5H3. The van der Waals surface area contributed by atoms with Crippen LogP contribution in [0, 0.1) is 93.7 Å². The fourth-order valence-electron chi connectivity index (χ4n) is 23.9. The summed E-state index contributed by atoms with van der Waals surface area (Å²) < 4.78 is 7.03. The van der Waals surface area contributed by atoms with E-state index in [0.717, 1.165) is 83.7 Å². The van der Waals surface area contributed by atoms with Crippen LogP contribution in [0.3, 0.4) is 0 Å². The summed E-state index contributed by atoms with van der Waals surface area (Å²) in [7, 11) is 0. The second-order valence-electron chi connectivity index (χ2n) is 32.4. The third-order valence-electron chi connectivity index (χ3n) is 27.9. The van der Waals surface area contributed by atoms with Crippen LogP contribution in [-0.2, 0) is 4.74 Å². The first-order valence-electron chi connectivity index (χ1n) is 36.4. The van der Waals surface area contributed by atoms with E-state index in [1.54, 1.807) is 16.8 Å². The molecule has 0 N–H and O–H groups in total. The number of ether oxygens (including phenoxy) is 1. The van der Waals surface area contributed by atoms with Crippen molar-refractivity contribution in [1.29, 1.82) is 0 Å². The first-order chi connectivity index (χ1) is 40.2. The number of likely N-dealkylation sites (tertiary alicyclic amines) is 1. The van der Waals surface area contributed by atoms with Crippen molar-refractivity contribution in [2.45, 2.75) is 288 Å².